The van der Waals surface area contributed by atoms with Gasteiger partial charge in [0.2, 0.25) is 5.82 Å². The molecule has 0 radical (unpaired) electrons. The average molecular weight is 441 g/mol. The summed E-state index contributed by atoms with van der Waals surface area (Å²) in [5.41, 5.74) is 9.33. The lowest BCUT2D eigenvalue weighted by atomic mass is 10.1. The van der Waals surface area contributed by atoms with Crippen LogP contribution in [0.4, 0.5) is 5.82 Å². The van der Waals surface area contributed by atoms with Crippen LogP contribution >= 0.6 is 11.3 Å². The van der Waals surface area contributed by atoms with Gasteiger partial charge >= 0.3 is 0 Å². The van der Waals surface area contributed by atoms with Crippen molar-refractivity contribution >= 4 is 28.7 Å². The van der Waals surface area contributed by atoms with Crippen LogP contribution in [0.15, 0.2) is 84.4 Å². The van der Waals surface area contributed by atoms with E-state index in [4.69, 9.17) is 5.73 Å². The van der Waals surface area contributed by atoms with Crippen molar-refractivity contribution in [1.82, 2.24) is 24.5 Å². The van der Waals surface area contributed by atoms with Crippen LogP contribution in [-0.2, 0) is 13.1 Å². The van der Waals surface area contributed by atoms with Gasteiger partial charge in [-0.3, -0.25) is 4.79 Å². The monoisotopic (exact) mass is 440 g/mol. The van der Waals surface area contributed by atoms with Gasteiger partial charge in [-0.15, -0.1) is 16.4 Å². The molecule has 5 aromatic rings. The molecule has 32 heavy (non-hydrogen) atoms. The highest BCUT2D eigenvalue weighted by Crippen LogP contribution is 2.22. The molecule has 158 valence electrons. The third-order valence-electron chi connectivity index (χ3n) is 5.06. The van der Waals surface area contributed by atoms with Crippen molar-refractivity contribution in [2.24, 2.45) is 0 Å². The molecular formula is C24H20N6OS. The molecular weight excluding hydrogens is 420 g/mol. The van der Waals surface area contributed by atoms with Gasteiger partial charge in [-0.25, -0.2) is 9.97 Å². The van der Waals surface area contributed by atoms with E-state index >= 15 is 0 Å². The van der Waals surface area contributed by atoms with E-state index in [2.05, 4.69) is 15.1 Å². The summed E-state index contributed by atoms with van der Waals surface area (Å²) in [7, 11) is 0. The first-order valence-electron chi connectivity index (χ1n) is 10.1. The Kier molecular flexibility index (Phi) is 5.35. The summed E-state index contributed by atoms with van der Waals surface area (Å²) in [5, 5.41) is 7.01. The minimum Gasteiger partial charge on any atom is -0.384 e. The summed E-state index contributed by atoms with van der Waals surface area (Å²) >= 11 is 1.45. The summed E-state index contributed by atoms with van der Waals surface area (Å²) < 4.78 is 1.53. The van der Waals surface area contributed by atoms with Gasteiger partial charge in [-0.05, 0) is 23.3 Å². The third-order valence-corrected chi connectivity index (χ3v) is 5.82. The molecule has 0 atom stereocenters. The fraction of sp³-hybridized carbons (Fsp3) is 0.0833. The molecule has 8 heteroatoms. The van der Waals surface area contributed by atoms with Gasteiger partial charge in [-0.2, -0.15) is 4.52 Å². The molecule has 3 heterocycles. The largest absolute Gasteiger partial charge is 0.384 e. The first kappa shape index (κ1) is 19.9. The fourth-order valence-corrected chi connectivity index (χ4v) is 4.11. The van der Waals surface area contributed by atoms with Crippen molar-refractivity contribution in [3.05, 3.63) is 101 Å². The van der Waals surface area contributed by atoms with Crippen molar-refractivity contribution in [2.75, 3.05) is 5.73 Å². The maximum atomic E-state index is 13.6. The second-order valence-electron chi connectivity index (χ2n) is 7.34. The van der Waals surface area contributed by atoms with Crippen molar-refractivity contribution in [1.29, 1.82) is 0 Å². The molecule has 2 aromatic carbocycles. The Morgan fingerprint density at radius 3 is 2.22 bits per heavy atom. The molecule has 2 N–H and O–H groups in total. The van der Waals surface area contributed by atoms with Crippen LogP contribution in [-0.4, -0.2) is 30.4 Å². The Morgan fingerprint density at radius 1 is 0.969 bits per heavy atom. The highest BCUT2D eigenvalue weighted by atomic mass is 32.1. The maximum absolute atomic E-state index is 13.6. The van der Waals surface area contributed by atoms with Crippen LogP contribution in [0.3, 0.4) is 0 Å². The Labute approximate surface area is 188 Å². The van der Waals surface area contributed by atoms with Crippen LogP contribution in [0, 0.1) is 0 Å². The zero-order chi connectivity index (χ0) is 21.9. The number of amides is 1. The summed E-state index contributed by atoms with van der Waals surface area (Å²) in [4.78, 5) is 24.2. The van der Waals surface area contributed by atoms with Crippen LogP contribution < -0.4 is 5.73 Å². The predicted molar refractivity (Wildman–Crippen MR) is 125 cm³/mol. The van der Waals surface area contributed by atoms with E-state index in [1.54, 1.807) is 18.3 Å². The molecule has 0 spiro atoms. The highest BCUT2D eigenvalue weighted by Gasteiger charge is 2.20. The number of nitrogen functional groups attached to an aromatic ring is 1. The molecule has 7 nitrogen and oxygen atoms in total. The number of rotatable bonds is 6. The lowest BCUT2D eigenvalue weighted by molar-refractivity contribution is 0.0730. The molecule has 0 aliphatic heterocycles. The second kappa shape index (κ2) is 8.60. The number of thiazole rings is 1. The van der Waals surface area contributed by atoms with Gasteiger partial charge in [0.1, 0.15) is 5.82 Å². The molecule has 0 aliphatic rings. The first-order valence-corrected chi connectivity index (χ1v) is 11.0. The number of fused-ring (bicyclic) bond motifs is 1. The van der Waals surface area contributed by atoms with E-state index < -0.39 is 0 Å². The number of carbonyl (C=O) groups excluding carboxylic acids is 1. The van der Waals surface area contributed by atoms with Crippen LogP contribution in [0.2, 0.25) is 0 Å². The fourth-order valence-electron chi connectivity index (χ4n) is 3.55. The number of anilines is 1. The van der Waals surface area contributed by atoms with Crippen LogP contribution in [0.25, 0.3) is 16.5 Å². The number of hydrogen-bond acceptors (Lipinski definition) is 6. The van der Waals surface area contributed by atoms with Gasteiger partial charge in [-0.1, -0.05) is 60.7 Å². The zero-order valence-corrected chi connectivity index (χ0v) is 17.9. The number of nitrogens with zero attached hydrogens (tertiary/aromatic N) is 5. The third kappa shape index (κ3) is 4.08. The molecule has 0 bridgehead atoms. The molecule has 1 amide bonds. The quantitative estimate of drug-likeness (QED) is 0.426. The van der Waals surface area contributed by atoms with Gasteiger partial charge in [0.15, 0.2) is 10.7 Å². The lowest BCUT2D eigenvalue weighted by Crippen LogP contribution is -2.30. The maximum Gasteiger partial charge on any atom is 0.254 e. The van der Waals surface area contributed by atoms with E-state index in [-0.39, 0.29) is 5.91 Å². The van der Waals surface area contributed by atoms with E-state index in [1.807, 2.05) is 70.9 Å². The Balaban J connectivity index is 1.50. The minimum atomic E-state index is -0.120. The number of carbonyl (C=O) groups is 1. The van der Waals surface area contributed by atoms with Gasteiger partial charge in [0, 0.05) is 30.2 Å². The van der Waals surface area contributed by atoms with Gasteiger partial charge in [0.25, 0.3) is 5.91 Å². The van der Waals surface area contributed by atoms with Crippen molar-refractivity contribution in [3.63, 3.8) is 0 Å². The summed E-state index contributed by atoms with van der Waals surface area (Å²) in [5.74, 6) is 0.716. The Morgan fingerprint density at radius 2 is 1.62 bits per heavy atom. The average Bonchev–Trinajstić information content (AvgIpc) is 3.50. The van der Waals surface area contributed by atoms with E-state index in [0.717, 1.165) is 11.1 Å². The SMILES string of the molecule is Nc1cc(C(=O)N(Cc2ccccc2)Cc2ccccc2)cc2nc(-c3nccs3)nn12. The molecule has 0 saturated heterocycles. The topological polar surface area (TPSA) is 89.4 Å². The van der Waals surface area contributed by atoms with Crippen molar-refractivity contribution < 1.29 is 4.79 Å². The summed E-state index contributed by atoms with van der Waals surface area (Å²) in [6, 6.07) is 23.3. The molecule has 0 saturated carbocycles. The van der Waals surface area contributed by atoms with E-state index in [9.17, 15) is 4.79 Å². The highest BCUT2D eigenvalue weighted by molar-refractivity contribution is 7.13. The van der Waals surface area contributed by atoms with Gasteiger partial charge in [0.05, 0.1) is 0 Å². The lowest BCUT2D eigenvalue weighted by Gasteiger charge is -2.23. The molecule has 0 fully saturated rings. The number of hydrogen-bond donors (Lipinski definition) is 1. The van der Waals surface area contributed by atoms with E-state index in [1.165, 1.54) is 15.9 Å². The normalized spacial score (nSPS) is 11.0. The second-order valence-corrected chi connectivity index (χ2v) is 8.24. The molecule has 0 aliphatic carbocycles. The Bertz CT molecular complexity index is 1310. The van der Waals surface area contributed by atoms with Crippen molar-refractivity contribution in [2.45, 2.75) is 13.1 Å². The molecule has 3 aromatic heterocycles. The van der Waals surface area contributed by atoms with Crippen molar-refractivity contribution in [3.8, 4) is 10.8 Å². The van der Waals surface area contributed by atoms with E-state index in [0.29, 0.717) is 41.0 Å². The number of benzene rings is 2. The smallest absolute Gasteiger partial charge is 0.254 e. The molecule has 5 rings (SSSR count). The Hall–Kier alpha value is -4.04. The van der Waals surface area contributed by atoms with Gasteiger partial charge < -0.3 is 10.6 Å². The number of nitrogens with two attached hydrogens (primary N) is 1. The molecule has 0 unspecified atom stereocenters. The minimum absolute atomic E-state index is 0.120. The summed E-state index contributed by atoms with van der Waals surface area (Å²) in [6.45, 7) is 0.966. The predicted octanol–water partition coefficient (Wildman–Crippen LogP) is 4.28. The number of pyridine rings is 1. The van der Waals surface area contributed by atoms with Crippen LogP contribution in [0.5, 0.6) is 0 Å². The first-order chi connectivity index (χ1) is 15.7. The zero-order valence-electron chi connectivity index (χ0n) is 17.1. The number of aromatic nitrogens is 4. The van der Waals surface area contributed by atoms with Crippen LogP contribution in [0.1, 0.15) is 21.5 Å². The summed E-state index contributed by atoms with van der Waals surface area (Å²) in [6.07, 6.45) is 1.70. The standard InChI is InChI=1S/C24H20N6OS/c25-20-13-19(14-21-27-22(28-30(20)21)23-26-11-12-32-23)24(31)29(15-17-7-3-1-4-8-17)16-18-9-5-2-6-10-18/h1-14H,15-16,25H2.